The van der Waals surface area contributed by atoms with E-state index >= 15 is 0 Å². The van der Waals surface area contributed by atoms with Gasteiger partial charge in [-0.1, -0.05) is 31.5 Å². The third-order valence-corrected chi connectivity index (χ3v) is 2.26. The van der Waals surface area contributed by atoms with Gasteiger partial charge < -0.3 is 10.5 Å². The topological polar surface area (TPSA) is 52.3 Å². The minimum absolute atomic E-state index is 0.120. The minimum Gasteiger partial charge on any atom is -0.483 e. The molecule has 1 aromatic carbocycles. The second kappa shape index (κ2) is 5.75. The predicted octanol–water partition coefficient (Wildman–Crippen LogP) is 2.40. The van der Waals surface area contributed by atoms with Crippen molar-refractivity contribution in [2.24, 2.45) is 11.7 Å². The van der Waals surface area contributed by atoms with Crippen LogP contribution >= 0.6 is 11.6 Å². The number of benzene rings is 1. The van der Waals surface area contributed by atoms with E-state index in [2.05, 4.69) is 13.8 Å². The van der Waals surface area contributed by atoms with Gasteiger partial charge in [-0.3, -0.25) is 4.79 Å². The summed E-state index contributed by atoms with van der Waals surface area (Å²) in [5.74, 6) is 0.660. The quantitative estimate of drug-likeness (QED) is 0.861. The molecule has 88 valence electrons. The first-order valence-corrected chi connectivity index (χ1v) is 5.56. The second-order valence-corrected chi connectivity index (χ2v) is 4.54. The van der Waals surface area contributed by atoms with Crippen LogP contribution in [0, 0.1) is 5.92 Å². The summed E-state index contributed by atoms with van der Waals surface area (Å²) in [4.78, 5) is 10.7. The summed E-state index contributed by atoms with van der Waals surface area (Å²) in [7, 11) is 0. The Bertz CT molecular complexity index is 377. The van der Waals surface area contributed by atoms with Crippen LogP contribution in [0.25, 0.3) is 0 Å². The zero-order valence-corrected chi connectivity index (χ0v) is 10.3. The Kier molecular flexibility index (Phi) is 4.62. The van der Waals surface area contributed by atoms with Crippen molar-refractivity contribution in [2.75, 3.05) is 6.61 Å². The largest absolute Gasteiger partial charge is 0.483 e. The highest BCUT2D eigenvalue weighted by atomic mass is 35.5. The molecule has 0 radical (unpaired) electrons. The average Bonchev–Trinajstić information content (AvgIpc) is 2.17. The van der Waals surface area contributed by atoms with E-state index in [-0.39, 0.29) is 6.61 Å². The molecular formula is C12H16ClNO2. The number of primary amides is 1. The van der Waals surface area contributed by atoms with E-state index < -0.39 is 5.91 Å². The number of hydrogen-bond acceptors (Lipinski definition) is 2. The van der Waals surface area contributed by atoms with Crippen molar-refractivity contribution < 1.29 is 9.53 Å². The number of ether oxygens (including phenoxy) is 1. The van der Waals surface area contributed by atoms with Crippen LogP contribution in [0.15, 0.2) is 18.2 Å². The zero-order valence-electron chi connectivity index (χ0n) is 9.50. The van der Waals surface area contributed by atoms with Crippen LogP contribution < -0.4 is 10.5 Å². The van der Waals surface area contributed by atoms with Gasteiger partial charge in [0.25, 0.3) is 5.91 Å². The number of hydrogen-bond donors (Lipinski definition) is 1. The number of carbonyl (C=O) groups is 1. The fourth-order valence-electron chi connectivity index (χ4n) is 1.42. The molecule has 1 rings (SSSR count). The maximum atomic E-state index is 10.7. The van der Waals surface area contributed by atoms with E-state index in [9.17, 15) is 4.79 Å². The molecule has 16 heavy (non-hydrogen) atoms. The molecule has 3 nitrogen and oxygen atoms in total. The standard InChI is InChI=1S/C12H16ClNO2/c1-8(2)5-9-3-4-10(13)6-11(9)16-7-12(14)15/h3-4,6,8H,5,7H2,1-2H3,(H2,14,15). The van der Waals surface area contributed by atoms with Crippen LogP contribution in [-0.2, 0) is 11.2 Å². The lowest BCUT2D eigenvalue weighted by Crippen LogP contribution is -2.20. The normalized spacial score (nSPS) is 10.5. The average molecular weight is 242 g/mol. The van der Waals surface area contributed by atoms with Crippen molar-refractivity contribution in [2.45, 2.75) is 20.3 Å². The van der Waals surface area contributed by atoms with E-state index in [1.165, 1.54) is 0 Å². The molecular weight excluding hydrogens is 226 g/mol. The van der Waals surface area contributed by atoms with Crippen molar-refractivity contribution >= 4 is 17.5 Å². The van der Waals surface area contributed by atoms with Gasteiger partial charge >= 0.3 is 0 Å². The van der Waals surface area contributed by atoms with Gasteiger partial charge in [0.15, 0.2) is 6.61 Å². The number of halogens is 1. The summed E-state index contributed by atoms with van der Waals surface area (Å²) in [6.45, 7) is 4.12. The fourth-order valence-corrected chi connectivity index (χ4v) is 1.58. The van der Waals surface area contributed by atoms with E-state index in [0.717, 1.165) is 12.0 Å². The highest BCUT2D eigenvalue weighted by Crippen LogP contribution is 2.25. The first-order chi connectivity index (χ1) is 7.49. The molecule has 0 heterocycles. The summed E-state index contributed by atoms with van der Waals surface area (Å²) in [5, 5.41) is 0.590. The van der Waals surface area contributed by atoms with Crippen LogP contribution in [-0.4, -0.2) is 12.5 Å². The maximum Gasteiger partial charge on any atom is 0.255 e. The van der Waals surface area contributed by atoms with E-state index in [1.54, 1.807) is 6.07 Å². The zero-order chi connectivity index (χ0) is 12.1. The van der Waals surface area contributed by atoms with Gasteiger partial charge in [0.05, 0.1) is 0 Å². The van der Waals surface area contributed by atoms with Gasteiger partial charge in [0, 0.05) is 5.02 Å². The van der Waals surface area contributed by atoms with Gasteiger partial charge in [-0.05, 0) is 30.0 Å². The minimum atomic E-state index is -0.490. The van der Waals surface area contributed by atoms with Crippen LogP contribution in [0.5, 0.6) is 5.75 Å². The summed E-state index contributed by atoms with van der Waals surface area (Å²) in [6.07, 6.45) is 0.880. The monoisotopic (exact) mass is 241 g/mol. The number of carbonyl (C=O) groups excluding carboxylic acids is 1. The molecule has 0 fully saturated rings. The highest BCUT2D eigenvalue weighted by molar-refractivity contribution is 6.30. The van der Waals surface area contributed by atoms with Gasteiger partial charge in [0.1, 0.15) is 5.75 Å². The maximum absolute atomic E-state index is 10.7. The van der Waals surface area contributed by atoms with Crippen LogP contribution in [0.4, 0.5) is 0 Å². The SMILES string of the molecule is CC(C)Cc1ccc(Cl)cc1OCC(N)=O. The first-order valence-electron chi connectivity index (χ1n) is 5.18. The Morgan fingerprint density at radius 1 is 1.50 bits per heavy atom. The second-order valence-electron chi connectivity index (χ2n) is 4.11. The van der Waals surface area contributed by atoms with Crippen molar-refractivity contribution in [1.29, 1.82) is 0 Å². The van der Waals surface area contributed by atoms with Crippen LogP contribution in [0.1, 0.15) is 19.4 Å². The molecule has 0 bridgehead atoms. The third-order valence-electron chi connectivity index (χ3n) is 2.03. The van der Waals surface area contributed by atoms with Gasteiger partial charge in [-0.25, -0.2) is 0 Å². The molecule has 0 aromatic heterocycles. The lowest BCUT2D eigenvalue weighted by molar-refractivity contribution is -0.119. The molecule has 0 saturated carbocycles. The fraction of sp³-hybridized carbons (Fsp3) is 0.417. The van der Waals surface area contributed by atoms with Crippen molar-refractivity contribution in [3.63, 3.8) is 0 Å². The third kappa shape index (κ3) is 4.11. The first kappa shape index (κ1) is 12.8. The number of rotatable bonds is 5. The predicted molar refractivity (Wildman–Crippen MR) is 64.7 cm³/mol. The Morgan fingerprint density at radius 3 is 2.75 bits per heavy atom. The van der Waals surface area contributed by atoms with Gasteiger partial charge in [-0.15, -0.1) is 0 Å². The molecule has 0 aliphatic heterocycles. The van der Waals surface area contributed by atoms with E-state index in [0.29, 0.717) is 16.7 Å². The van der Waals surface area contributed by atoms with Crippen molar-refractivity contribution in [1.82, 2.24) is 0 Å². The molecule has 0 saturated heterocycles. The van der Waals surface area contributed by atoms with Crippen molar-refractivity contribution in [3.05, 3.63) is 28.8 Å². The Labute approximate surface area is 101 Å². The van der Waals surface area contributed by atoms with Gasteiger partial charge in [0.2, 0.25) is 0 Å². The number of amides is 1. The molecule has 1 amide bonds. The summed E-state index contributed by atoms with van der Waals surface area (Å²) in [6, 6.07) is 5.44. The molecule has 0 aliphatic rings. The highest BCUT2D eigenvalue weighted by Gasteiger charge is 2.08. The summed E-state index contributed by atoms with van der Waals surface area (Å²) >= 11 is 5.87. The molecule has 0 spiro atoms. The lowest BCUT2D eigenvalue weighted by Gasteiger charge is -2.12. The molecule has 0 unspecified atom stereocenters. The van der Waals surface area contributed by atoms with Crippen LogP contribution in [0.3, 0.4) is 0 Å². The lowest BCUT2D eigenvalue weighted by atomic mass is 10.0. The van der Waals surface area contributed by atoms with E-state index in [1.807, 2.05) is 12.1 Å². The van der Waals surface area contributed by atoms with Gasteiger partial charge in [-0.2, -0.15) is 0 Å². The Hall–Kier alpha value is -1.22. The molecule has 0 aliphatic carbocycles. The molecule has 2 N–H and O–H groups in total. The van der Waals surface area contributed by atoms with E-state index in [4.69, 9.17) is 22.1 Å². The molecule has 0 atom stereocenters. The molecule has 4 heteroatoms. The Balaban J connectivity index is 2.84. The molecule has 1 aromatic rings. The summed E-state index contributed by atoms with van der Waals surface area (Å²) in [5.41, 5.74) is 6.08. The number of nitrogens with two attached hydrogens (primary N) is 1. The Morgan fingerprint density at radius 2 is 2.19 bits per heavy atom. The van der Waals surface area contributed by atoms with Crippen molar-refractivity contribution in [3.8, 4) is 5.75 Å². The van der Waals surface area contributed by atoms with Crippen LogP contribution in [0.2, 0.25) is 5.02 Å². The summed E-state index contributed by atoms with van der Waals surface area (Å²) < 4.78 is 5.32. The smallest absolute Gasteiger partial charge is 0.255 e.